The van der Waals surface area contributed by atoms with Crippen LogP contribution in [-0.4, -0.2) is 62.0 Å². The van der Waals surface area contributed by atoms with Crippen molar-refractivity contribution in [3.8, 4) is 0 Å². The molecule has 0 spiro atoms. The summed E-state index contributed by atoms with van der Waals surface area (Å²) in [5.41, 5.74) is 2.25. The smallest absolute Gasteiger partial charge is 0.191 e. The third-order valence-corrected chi connectivity index (χ3v) is 5.07. The van der Waals surface area contributed by atoms with Crippen LogP contribution < -0.4 is 15.5 Å². The van der Waals surface area contributed by atoms with Gasteiger partial charge in [0.05, 0.1) is 19.3 Å². The molecule has 2 aromatic rings. The highest BCUT2D eigenvalue weighted by atomic mass is 16.5. The van der Waals surface area contributed by atoms with Gasteiger partial charge < -0.3 is 25.4 Å². The van der Waals surface area contributed by atoms with Gasteiger partial charge >= 0.3 is 0 Å². The second-order valence-corrected chi connectivity index (χ2v) is 7.25. The Morgan fingerprint density at radius 1 is 1.31 bits per heavy atom. The number of aliphatic imine (C=N–C) groups is 1. The van der Waals surface area contributed by atoms with Crippen LogP contribution in [0.4, 0.5) is 5.82 Å². The summed E-state index contributed by atoms with van der Waals surface area (Å²) >= 11 is 0. The van der Waals surface area contributed by atoms with Gasteiger partial charge in [-0.3, -0.25) is 4.99 Å². The fraction of sp³-hybridized carbons (Fsp3) is 0.455. The lowest BCUT2D eigenvalue weighted by molar-refractivity contribution is 0.0529. The summed E-state index contributed by atoms with van der Waals surface area (Å²) in [6.07, 6.45) is 2.07. The quantitative estimate of drug-likeness (QED) is 0.488. The van der Waals surface area contributed by atoms with E-state index >= 15 is 0 Å². The number of aliphatic hydroxyl groups excluding tert-OH is 1. The molecule has 1 aromatic heterocycles. The second-order valence-electron chi connectivity index (χ2n) is 7.25. The lowest BCUT2D eigenvalue weighted by Gasteiger charge is -2.32. The van der Waals surface area contributed by atoms with Crippen molar-refractivity contribution in [1.82, 2.24) is 15.6 Å². The molecule has 0 amide bonds. The van der Waals surface area contributed by atoms with Crippen LogP contribution in [0.5, 0.6) is 0 Å². The summed E-state index contributed by atoms with van der Waals surface area (Å²) in [6, 6.07) is 14.1. The summed E-state index contributed by atoms with van der Waals surface area (Å²) in [5.74, 6) is 1.70. The average Bonchev–Trinajstić information content (AvgIpc) is 2.77. The number of hydrogen-bond acceptors (Lipinski definition) is 5. The molecule has 0 bridgehead atoms. The number of hydrogen-bond donors (Lipinski definition) is 3. The third-order valence-electron chi connectivity index (χ3n) is 5.07. The number of benzene rings is 1. The molecule has 2 atom stereocenters. The van der Waals surface area contributed by atoms with Crippen LogP contribution in [0.1, 0.15) is 24.0 Å². The fourth-order valence-electron chi connectivity index (χ4n) is 3.41. The van der Waals surface area contributed by atoms with Gasteiger partial charge in [-0.25, -0.2) is 4.98 Å². The number of nitrogens with one attached hydrogen (secondary N) is 2. The van der Waals surface area contributed by atoms with Crippen molar-refractivity contribution in [2.45, 2.75) is 25.5 Å². The van der Waals surface area contributed by atoms with E-state index in [1.165, 1.54) is 0 Å². The molecule has 29 heavy (non-hydrogen) atoms. The zero-order valence-corrected chi connectivity index (χ0v) is 17.2. The van der Waals surface area contributed by atoms with Gasteiger partial charge in [0, 0.05) is 45.3 Å². The van der Waals surface area contributed by atoms with Crippen LogP contribution in [0.2, 0.25) is 0 Å². The number of morpholine rings is 1. The van der Waals surface area contributed by atoms with E-state index in [2.05, 4.69) is 38.5 Å². The standard InChI is InChI=1S/C22H31N5O2/c1-17-15-27(10-11-29-17)21-12-18(8-9-24-21)13-25-22(23-2)26-14-20(16-28)19-6-4-3-5-7-19/h3-9,12,17,20,28H,10-11,13-16H2,1-2H3,(H2,23,25,26). The molecule has 7 nitrogen and oxygen atoms in total. The highest BCUT2D eigenvalue weighted by Crippen LogP contribution is 2.16. The Kier molecular flexibility index (Phi) is 7.84. The van der Waals surface area contributed by atoms with Crippen molar-refractivity contribution in [1.29, 1.82) is 0 Å². The molecular formula is C22H31N5O2. The zero-order chi connectivity index (χ0) is 20.5. The summed E-state index contributed by atoms with van der Waals surface area (Å²) in [5, 5.41) is 16.4. The molecule has 0 aliphatic carbocycles. The summed E-state index contributed by atoms with van der Waals surface area (Å²) in [4.78, 5) is 11.1. The second kappa shape index (κ2) is 10.8. The number of aromatic nitrogens is 1. The molecule has 3 N–H and O–H groups in total. The number of ether oxygens (including phenoxy) is 1. The van der Waals surface area contributed by atoms with E-state index < -0.39 is 0 Å². The van der Waals surface area contributed by atoms with Crippen molar-refractivity contribution < 1.29 is 9.84 Å². The van der Waals surface area contributed by atoms with Crippen molar-refractivity contribution in [2.24, 2.45) is 4.99 Å². The molecule has 156 valence electrons. The Labute approximate surface area is 172 Å². The maximum atomic E-state index is 9.73. The number of nitrogens with zero attached hydrogens (tertiary/aromatic N) is 3. The molecule has 0 saturated carbocycles. The van der Waals surface area contributed by atoms with Gasteiger partial charge in [-0.1, -0.05) is 30.3 Å². The van der Waals surface area contributed by atoms with Crippen molar-refractivity contribution in [3.63, 3.8) is 0 Å². The van der Waals surface area contributed by atoms with E-state index in [-0.39, 0.29) is 18.6 Å². The van der Waals surface area contributed by atoms with E-state index in [1.807, 2.05) is 42.6 Å². The number of pyridine rings is 1. The van der Waals surface area contributed by atoms with Crippen LogP contribution in [0.15, 0.2) is 53.7 Å². The fourth-order valence-corrected chi connectivity index (χ4v) is 3.41. The third kappa shape index (κ3) is 6.17. The lowest BCUT2D eigenvalue weighted by atomic mass is 10.0. The van der Waals surface area contributed by atoms with Crippen LogP contribution in [0.3, 0.4) is 0 Å². The van der Waals surface area contributed by atoms with Gasteiger partial charge in [-0.05, 0) is 30.2 Å². The maximum Gasteiger partial charge on any atom is 0.191 e. The van der Waals surface area contributed by atoms with E-state index in [9.17, 15) is 5.11 Å². The number of rotatable bonds is 7. The number of aliphatic hydroxyl groups is 1. The van der Waals surface area contributed by atoms with Crippen LogP contribution >= 0.6 is 0 Å². The molecule has 7 heteroatoms. The first-order valence-corrected chi connectivity index (χ1v) is 10.1. The predicted molar refractivity (Wildman–Crippen MR) is 116 cm³/mol. The Morgan fingerprint density at radius 3 is 2.86 bits per heavy atom. The Balaban J connectivity index is 1.53. The zero-order valence-electron chi connectivity index (χ0n) is 17.2. The van der Waals surface area contributed by atoms with Gasteiger partial charge in [0.25, 0.3) is 0 Å². The first-order chi connectivity index (χ1) is 14.2. The molecule has 1 aliphatic heterocycles. The Bertz CT molecular complexity index is 784. The van der Waals surface area contributed by atoms with Gasteiger partial charge in [0.1, 0.15) is 5.82 Å². The topological polar surface area (TPSA) is 82.0 Å². The van der Waals surface area contributed by atoms with Crippen LogP contribution in [0, 0.1) is 0 Å². The lowest BCUT2D eigenvalue weighted by Crippen LogP contribution is -2.41. The van der Waals surface area contributed by atoms with E-state index in [4.69, 9.17) is 4.74 Å². The molecule has 1 fully saturated rings. The first kappa shape index (κ1) is 21.1. The van der Waals surface area contributed by atoms with Gasteiger partial charge in [0.15, 0.2) is 5.96 Å². The summed E-state index contributed by atoms with van der Waals surface area (Å²) in [6.45, 7) is 5.86. The minimum absolute atomic E-state index is 0.0191. The molecule has 1 aromatic carbocycles. The molecule has 1 aliphatic rings. The minimum atomic E-state index is 0.0191. The molecule has 3 rings (SSSR count). The van der Waals surface area contributed by atoms with Gasteiger partial charge in [-0.15, -0.1) is 0 Å². The molecule has 1 saturated heterocycles. The SMILES string of the molecule is CN=C(NCc1ccnc(N2CCOC(C)C2)c1)NCC(CO)c1ccccc1. The van der Waals surface area contributed by atoms with Crippen LogP contribution in [0.25, 0.3) is 0 Å². The van der Waals surface area contributed by atoms with E-state index in [0.717, 1.165) is 36.6 Å². The summed E-state index contributed by atoms with van der Waals surface area (Å²) < 4.78 is 5.62. The Hall–Kier alpha value is -2.64. The normalized spacial score (nSPS) is 18.4. The van der Waals surface area contributed by atoms with E-state index in [1.54, 1.807) is 7.05 Å². The maximum absolute atomic E-state index is 9.73. The highest BCUT2D eigenvalue weighted by molar-refractivity contribution is 5.79. The molecule has 2 heterocycles. The molecular weight excluding hydrogens is 366 g/mol. The van der Waals surface area contributed by atoms with Crippen molar-refractivity contribution in [3.05, 3.63) is 59.8 Å². The molecule has 0 radical (unpaired) electrons. The van der Waals surface area contributed by atoms with Crippen molar-refractivity contribution in [2.75, 3.05) is 44.8 Å². The highest BCUT2D eigenvalue weighted by Gasteiger charge is 2.18. The number of guanidine groups is 1. The predicted octanol–water partition coefficient (Wildman–Crippen LogP) is 1.75. The number of anilines is 1. The van der Waals surface area contributed by atoms with Gasteiger partial charge in [0.2, 0.25) is 0 Å². The van der Waals surface area contributed by atoms with Crippen LogP contribution in [-0.2, 0) is 11.3 Å². The first-order valence-electron chi connectivity index (χ1n) is 10.1. The van der Waals surface area contributed by atoms with E-state index in [0.29, 0.717) is 19.0 Å². The average molecular weight is 398 g/mol. The van der Waals surface area contributed by atoms with Crippen molar-refractivity contribution >= 4 is 11.8 Å². The van der Waals surface area contributed by atoms with Gasteiger partial charge in [-0.2, -0.15) is 0 Å². The minimum Gasteiger partial charge on any atom is -0.396 e. The Morgan fingerprint density at radius 2 is 2.14 bits per heavy atom. The summed E-state index contributed by atoms with van der Waals surface area (Å²) in [7, 11) is 1.75. The largest absolute Gasteiger partial charge is 0.396 e. The monoisotopic (exact) mass is 397 g/mol. The molecule has 2 unspecified atom stereocenters.